The molecule has 6 heteroatoms. The molecule has 1 heterocycles. The molecule has 0 spiro atoms. The normalized spacial score (nSPS) is 11.3. The van der Waals surface area contributed by atoms with Crippen molar-refractivity contribution in [1.29, 1.82) is 0 Å². The Hall–Kier alpha value is -2.63. The molecule has 0 aliphatic rings. The highest BCUT2D eigenvalue weighted by molar-refractivity contribution is 6.41. The van der Waals surface area contributed by atoms with Gasteiger partial charge in [0.15, 0.2) is 0 Å². The summed E-state index contributed by atoms with van der Waals surface area (Å²) >= 11 is 0. The Bertz CT molecular complexity index is 751. The minimum atomic E-state index is -1.03. The van der Waals surface area contributed by atoms with Crippen molar-refractivity contribution in [2.75, 3.05) is 7.11 Å². The number of para-hydroxylation sites is 1. The van der Waals surface area contributed by atoms with Crippen molar-refractivity contribution in [3.8, 4) is 0 Å². The van der Waals surface area contributed by atoms with E-state index < -0.39 is 23.4 Å². The Balaban J connectivity index is 2.61. The Morgan fingerprint density at radius 1 is 1.09 bits per heavy atom. The molecule has 0 atom stereocenters. The fourth-order valence-corrected chi connectivity index (χ4v) is 2.02. The number of ketones is 1. The minimum absolute atomic E-state index is 0.0812. The van der Waals surface area contributed by atoms with Crippen molar-refractivity contribution < 1.29 is 23.9 Å². The zero-order chi connectivity index (χ0) is 16.5. The molecule has 0 saturated carbocycles. The van der Waals surface area contributed by atoms with Crippen LogP contribution in [-0.2, 0) is 14.3 Å². The maximum absolute atomic E-state index is 12.4. The molecular formula is C16H17NO5. The van der Waals surface area contributed by atoms with E-state index in [-0.39, 0.29) is 5.69 Å². The predicted octanol–water partition coefficient (Wildman–Crippen LogP) is 2.78. The summed E-state index contributed by atoms with van der Waals surface area (Å²) in [4.78, 5) is 36.1. The van der Waals surface area contributed by atoms with E-state index in [9.17, 15) is 14.4 Å². The number of rotatable bonds is 2. The average molecular weight is 303 g/mol. The van der Waals surface area contributed by atoms with E-state index in [1.807, 2.05) is 0 Å². The molecule has 6 nitrogen and oxygen atoms in total. The number of aromatic nitrogens is 1. The molecule has 0 amide bonds. The lowest BCUT2D eigenvalue weighted by atomic mass is 10.2. The van der Waals surface area contributed by atoms with Crippen molar-refractivity contribution in [2.24, 2.45) is 0 Å². The highest BCUT2D eigenvalue weighted by Gasteiger charge is 2.28. The molecule has 0 saturated heterocycles. The minimum Gasteiger partial charge on any atom is -0.463 e. The number of nitrogens with zero attached hydrogens (tertiary/aromatic N) is 1. The summed E-state index contributed by atoms with van der Waals surface area (Å²) in [6.45, 7) is 5.16. The third kappa shape index (κ3) is 3.00. The van der Waals surface area contributed by atoms with Crippen LogP contribution in [0.15, 0.2) is 30.3 Å². The second kappa shape index (κ2) is 5.63. The van der Waals surface area contributed by atoms with Crippen molar-refractivity contribution in [3.05, 3.63) is 36.0 Å². The molecule has 0 aliphatic carbocycles. The van der Waals surface area contributed by atoms with E-state index in [1.165, 1.54) is 6.07 Å². The molecule has 1 aromatic carbocycles. The van der Waals surface area contributed by atoms with Crippen LogP contribution in [0, 0.1) is 0 Å². The molecule has 2 rings (SSSR count). The molecule has 0 N–H and O–H groups in total. The SMILES string of the molecule is COC(=O)C(=O)c1cc2ccccc2n1C(=O)OC(C)(C)C. The van der Waals surface area contributed by atoms with Gasteiger partial charge in [-0.1, -0.05) is 18.2 Å². The second-order valence-corrected chi connectivity index (χ2v) is 5.72. The topological polar surface area (TPSA) is 74.6 Å². The van der Waals surface area contributed by atoms with E-state index >= 15 is 0 Å². The highest BCUT2D eigenvalue weighted by atomic mass is 16.6. The van der Waals surface area contributed by atoms with Gasteiger partial charge >= 0.3 is 12.1 Å². The van der Waals surface area contributed by atoms with Gasteiger partial charge in [0.25, 0.3) is 5.78 Å². The van der Waals surface area contributed by atoms with E-state index in [2.05, 4.69) is 4.74 Å². The van der Waals surface area contributed by atoms with Gasteiger partial charge in [0.1, 0.15) is 11.3 Å². The summed E-state index contributed by atoms with van der Waals surface area (Å²) in [5.74, 6) is -1.93. The molecular weight excluding hydrogens is 286 g/mol. The first-order valence-corrected chi connectivity index (χ1v) is 6.71. The van der Waals surface area contributed by atoms with Crippen molar-refractivity contribution >= 4 is 28.7 Å². The average Bonchev–Trinajstić information content (AvgIpc) is 2.83. The van der Waals surface area contributed by atoms with Crippen LogP contribution < -0.4 is 0 Å². The van der Waals surface area contributed by atoms with Crippen LogP contribution in [0.5, 0.6) is 0 Å². The number of benzene rings is 1. The summed E-state index contributed by atoms with van der Waals surface area (Å²) in [6.07, 6.45) is -0.721. The van der Waals surface area contributed by atoms with E-state index in [1.54, 1.807) is 45.0 Å². The van der Waals surface area contributed by atoms with E-state index in [0.29, 0.717) is 10.9 Å². The van der Waals surface area contributed by atoms with Crippen LogP contribution in [0.25, 0.3) is 10.9 Å². The monoisotopic (exact) mass is 303 g/mol. The van der Waals surface area contributed by atoms with Gasteiger partial charge < -0.3 is 9.47 Å². The first-order valence-electron chi connectivity index (χ1n) is 6.71. The molecule has 116 valence electrons. The quantitative estimate of drug-likeness (QED) is 0.484. The summed E-state index contributed by atoms with van der Waals surface area (Å²) < 4.78 is 10.9. The third-order valence-corrected chi connectivity index (χ3v) is 2.89. The van der Waals surface area contributed by atoms with Crippen LogP contribution in [0.1, 0.15) is 31.3 Å². The zero-order valence-corrected chi connectivity index (χ0v) is 12.9. The first-order chi connectivity index (χ1) is 10.2. The van der Waals surface area contributed by atoms with Gasteiger partial charge in [-0.25, -0.2) is 14.2 Å². The van der Waals surface area contributed by atoms with Gasteiger partial charge in [-0.05, 0) is 32.9 Å². The van der Waals surface area contributed by atoms with Gasteiger partial charge in [-0.2, -0.15) is 0 Å². The number of esters is 1. The van der Waals surface area contributed by atoms with Crippen LogP contribution in [-0.4, -0.2) is 35.1 Å². The standard InChI is InChI=1S/C16H17NO5/c1-16(2,3)22-15(20)17-11-8-6-5-7-10(11)9-12(17)13(18)14(19)21-4/h5-9H,1-4H3. The fraction of sp³-hybridized carbons (Fsp3) is 0.312. The largest absolute Gasteiger partial charge is 0.463 e. The second-order valence-electron chi connectivity index (χ2n) is 5.72. The van der Waals surface area contributed by atoms with Crippen LogP contribution in [0.4, 0.5) is 4.79 Å². The maximum Gasteiger partial charge on any atom is 0.419 e. The van der Waals surface area contributed by atoms with Crippen molar-refractivity contribution in [1.82, 2.24) is 4.57 Å². The number of carbonyl (C=O) groups is 3. The summed E-state index contributed by atoms with van der Waals surface area (Å²) in [5.41, 5.74) is -0.320. The van der Waals surface area contributed by atoms with E-state index in [0.717, 1.165) is 11.7 Å². The summed E-state index contributed by atoms with van der Waals surface area (Å²) in [6, 6.07) is 8.39. The van der Waals surface area contributed by atoms with Crippen LogP contribution >= 0.6 is 0 Å². The van der Waals surface area contributed by atoms with Gasteiger partial charge in [0.05, 0.1) is 12.6 Å². The smallest absolute Gasteiger partial charge is 0.419 e. The van der Waals surface area contributed by atoms with Crippen molar-refractivity contribution in [2.45, 2.75) is 26.4 Å². The van der Waals surface area contributed by atoms with Crippen LogP contribution in [0.3, 0.4) is 0 Å². The molecule has 0 radical (unpaired) electrons. The lowest BCUT2D eigenvalue weighted by Gasteiger charge is -2.20. The molecule has 0 fully saturated rings. The molecule has 0 unspecified atom stereocenters. The number of fused-ring (bicyclic) bond motifs is 1. The van der Waals surface area contributed by atoms with Crippen LogP contribution in [0.2, 0.25) is 0 Å². The lowest BCUT2D eigenvalue weighted by Crippen LogP contribution is -2.30. The Morgan fingerprint density at radius 3 is 2.32 bits per heavy atom. The number of hydrogen-bond donors (Lipinski definition) is 0. The Labute approximate surface area is 127 Å². The van der Waals surface area contributed by atoms with Gasteiger partial charge in [-0.15, -0.1) is 0 Å². The molecule has 0 aliphatic heterocycles. The number of Topliss-reactive ketones (excluding diaryl/α,β-unsaturated/α-hetero) is 1. The number of ether oxygens (including phenoxy) is 2. The third-order valence-electron chi connectivity index (χ3n) is 2.89. The molecule has 2 aromatic rings. The predicted molar refractivity (Wildman–Crippen MR) is 79.9 cm³/mol. The number of carbonyl (C=O) groups excluding carboxylic acids is 3. The molecule has 0 bridgehead atoms. The lowest BCUT2D eigenvalue weighted by molar-refractivity contribution is -0.135. The summed E-state index contributed by atoms with van der Waals surface area (Å²) in [7, 11) is 1.11. The maximum atomic E-state index is 12.4. The Kier molecular flexibility index (Phi) is 4.03. The number of hydrogen-bond acceptors (Lipinski definition) is 5. The molecule has 22 heavy (non-hydrogen) atoms. The van der Waals surface area contributed by atoms with Gasteiger partial charge in [0.2, 0.25) is 0 Å². The van der Waals surface area contributed by atoms with Crippen molar-refractivity contribution in [3.63, 3.8) is 0 Å². The van der Waals surface area contributed by atoms with E-state index in [4.69, 9.17) is 4.74 Å². The fourth-order valence-electron chi connectivity index (χ4n) is 2.02. The first kappa shape index (κ1) is 15.8. The highest BCUT2D eigenvalue weighted by Crippen LogP contribution is 2.22. The van der Waals surface area contributed by atoms with Gasteiger partial charge in [0, 0.05) is 5.39 Å². The Morgan fingerprint density at radius 2 is 1.73 bits per heavy atom. The van der Waals surface area contributed by atoms with Gasteiger partial charge in [-0.3, -0.25) is 4.79 Å². The number of methoxy groups -OCH3 is 1. The summed E-state index contributed by atoms with van der Waals surface area (Å²) in [5, 5.41) is 0.653. The zero-order valence-electron chi connectivity index (χ0n) is 12.9. The molecule has 1 aromatic heterocycles.